The molecule has 1 aliphatic rings. The first-order chi connectivity index (χ1) is 12.9. The summed E-state index contributed by atoms with van der Waals surface area (Å²) < 4.78 is 27.2. The van der Waals surface area contributed by atoms with Crippen LogP contribution in [0.3, 0.4) is 0 Å². The highest BCUT2D eigenvalue weighted by molar-refractivity contribution is 7.89. The standard InChI is InChI=1S/C21H21ClN2O2S/c1-15-13-20(23-21-14-17(22)7-10-19(15)21)16-5-8-18(9-6-16)27(25,26)24-11-3-2-4-12-24/h5-10,13-14H,2-4,11-12H2,1H3. The lowest BCUT2D eigenvalue weighted by Crippen LogP contribution is -2.35. The van der Waals surface area contributed by atoms with E-state index >= 15 is 0 Å². The van der Waals surface area contributed by atoms with E-state index in [0.29, 0.717) is 23.0 Å². The Morgan fingerprint density at radius 1 is 0.963 bits per heavy atom. The van der Waals surface area contributed by atoms with Gasteiger partial charge in [0.05, 0.1) is 16.1 Å². The van der Waals surface area contributed by atoms with Gasteiger partial charge in [-0.2, -0.15) is 4.31 Å². The topological polar surface area (TPSA) is 50.3 Å². The fourth-order valence-corrected chi connectivity index (χ4v) is 5.26. The molecule has 140 valence electrons. The number of benzene rings is 2. The third-order valence-corrected chi connectivity index (χ3v) is 7.23. The lowest BCUT2D eigenvalue weighted by atomic mass is 10.1. The van der Waals surface area contributed by atoms with E-state index in [1.54, 1.807) is 16.4 Å². The van der Waals surface area contributed by atoms with Gasteiger partial charge in [0.1, 0.15) is 0 Å². The second-order valence-electron chi connectivity index (χ2n) is 6.97. The summed E-state index contributed by atoms with van der Waals surface area (Å²) in [6, 6.07) is 14.7. The number of piperidine rings is 1. The zero-order chi connectivity index (χ0) is 19.0. The number of sulfonamides is 1. The monoisotopic (exact) mass is 400 g/mol. The van der Waals surface area contributed by atoms with Crippen LogP contribution in [-0.4, -0.2) is 30.8 Å². The van der Waals surface area contributed by atoms with E-state index in [0.717, 1.165) is 47.0 Å². The number of nitrogens with zero attached hydrogens (tertiary/aromatic N) is 2. The number of halogens is 1. The van der Waals surface area contributed by atoms with Crippen LogP contribution in [0.5, 0.6) is 0 Å². The molecule has 0 saturated carbocycles. The average Bonchev–Trinajstić information content (AvgIpc) is 2.68. The highest BCUT2D eigenvalue weighted by atomic mass is 35.5. The van der Waals surface area contributed by atoms with Crippen LogP contribution in [0, 0.1) is 6.92 Å². The predicted octanol–water partition coefficient (Wildman–Crippen LogP) is 5.04. The maximum Gasteiger partial charge on any atom is 0.243 e. The summed E-state index contributed by atoms with van der Waals surface area (Å²) in [6.07, 6.45) is 2.96. The lowest BCUT2D eigenvalue weighted by Gasteiger charge is -2.25. The molecule has 1 fully saturated rings. The van der Waals surface area contributed by atoms with E-state index in [1.165, 1.54) is 0 Å². The lowest BCUT2D eigenvalue weighted by molar-refractivity contribution is 0.346. The Hall–Kier alpha value is -1.95. The molecule has 4 nitrogen and oxygen atoms in total. The Morgan fingerprint density at radius 2 is 1.67 bits per heavy atom. The third-order valence-electron chi connectivity index (χ3n) is 5.08. The maximum atomic E-state index is 12.8. The zero-order valence-electron chi connectivity index (χ0n) is 15.2. The van der Waals surface area contributed by atoms with E-state index in [4.69, 9.17) is 16.6 Å². The first-order valence-electron chi connectivity index (χ1n) is 9.13. The van der Waals surface area contributed by atoms with Gasteiger partial charge >= 0.3 is 0 Å². The summed E-state index contributed by atoms with van der Waals surface area (Å²) in [7, 11) is -3.41. The predicted molar refractivity (Wildman–Crippen MR) is 110 cm³/mol. The summed E-state index contributed by atoms with van der Waals surface area (Å²) in [6.45, 7) is 3.25. The van der Waals surface area contributed by atoms with Gasteiger partial charge in [-0.05, 0) is 55.7 Å². The van der Waals surface area contributed by atoms with Gasteiger partial charge in [-0.15, -0.1) is 0 Å². The van der Waals surface area contributed by atoms with Gasteiger partial charge in [0.2, 0.25) is 10.0 Å². The number of fused-ring (bicyclic) bond motifs is 1. The molecule has 6 heteroatoms. The van der Waals surface area contributed by atoms with Crippen LogP contribution in [0.15, 0.2) is 53.4 Å². The van der Waals surface area contributed by atoms with Crippen LogP contribution in [0.1, 0.15) is 24.8 Å². The van der Waals surface area contributed by atoms with Crippen molar-refractivity contribution in [3.05, 3.63) is 59.1 Å². The van der Waals surface area contributed by atoms with Gasteiger partial charge in [-0.3, -0.25) is 0 Å². The van der Waals surface area contributed by atoms with Crippen LogP contribution in [0.2, 0.25) is 5.02 Å². The highest BCUT2D eigenvalue weighted by Crippen LogP contribution is 2.28. The summed E-state index contributed by atoms with van der Waals surface area (Å²) in [5, 5.41) is 1.71. The molecule has 0 unspecified atom stereocenters. The Bertz CT molecular complexity index is 1090. The number of rotatable bonds is 3. The molecular weight excluding hydrogens is 380 g/mol. The molecule has 0 atom stereocenters. The summed E-state index contributed by atoms with van der Waals surface area (Å²) in [4.78, 5) is 5.05. The fourth-order valence-electron chi connectivity index (χ4n) is 3.58. The normalized spacial score (nSPS) is 15.9. The van der Waals surface area contributed by atoms with Crippen molar-refractivity contribution in [3.8, 4) is 11.3 Å². The van der Waals surface area contributed by atoms with Crippen molar-refractivity contribution in [1.82, 2.24) is 9.29 Å². The van der Waals surface area contributed by atoms with E-state index in [-0.39, 0.29) is 0 Å². The van der Waals surface area contributed by atoms with Crippen LogP contribution in [0.4, 0.5) is 0 Å². The minimum absolute atomic E-state index is 0.341. The van der Waals surface area contributed by atoms with Gasteiger partial charge in [0.25, 0.3) is 0 Å². The van der Waals surface area contributed by atoms with Gasteiger partial charge in [0.15, 0.2) is 0 Å². The molecule has 3 aromatic rings. The Labute approximate surface area is 164 Å². The van der Waals surface area contributed by atoms with Crippen molar-refractivity contribution in [1.29, 1.82) is 0 Å². The van der Waals surface area contributed by atoms with Crippen molar-refractivity contribution in [3.63, 3.8) is 0 Å². The molecule has 1 aromatic heterocycles. The summed E-state index contributed by atoms with van der Waals surface area (Å²) >= 11 is 6.10. The first-order valence-corrected chi connectivity index (χ1v) is 10.9. The van der Waals surface area contributed by atoms with Crippen LogP contribution in [-0.2, 0) is 10.0 Å². The average molecular weight is 401 g/mol. The number of aryl methyl sites for hydroxylation is 1. The molecule has 2 heterocycles. The van der Waals surface area contributed by atoms with Gasteiger partial charge in [0, 0.05) is 29.1 Å². The third kappa shape index (κ3) is 3.59. The van der Waals surface area contributed by atoms with Crippen LogP contribution in [0.25, 0.3) is 22.2 Å². The first kappa shape index (κ1) is 18.4. The van der Waals surface area contributed by atoms with Crippen molar-refractivity contribution >= 4 is 32.5 Å². The molecule has 0 aliphatic carbocycles. The van der Waals surface area contributed by atoms with E-state index < -0.39 is 10.0 Å². The van der Waals surface area contributed by atoms with Gasteiger partial charge in [-0.1, -0.05) is 36.2 Å². The highest BCUT2D eigenvalue weighted by Gasteiger charge is 2.25. The maximum absolute atomic E-state index is 12.8. The molecule has 0 spiro atoms. The molecule has 4 rings (SSSR count). The molecule has 1 saturated heterocycles. The number of aromatic nitrogens is 1. The van der Waals surface area contributed by atoms with E-state index in [2.05, 4.69) is 0 Å². The largest absolute Gasteiger partial charge is 0.248 e. The molecule has 1 aliphatic heterocycles. The van der Waals surface area contributed by atoms with Crippen LogP contribution >= 0.6 is 11.6 Å². The van der Waals surface area contributed by atoms with E-state index in [9.17, 15) is 8.42 Å². The summed E-state index contributed by atoms with van der Waals surface area (Å²) in [5.74, 6) is 0. The quantitative estimate of drug-likeness (QED) is 0.618. The fraction of sp³-hybridized carbons (Fsp3) is 0.286. The zero-order valence-corrected chi connectivity index (χ0v) is 16.7. The molecule has 2 aromatic carbocycles. The van der Waals surface area contributed by atoms with Crippen molar-refractivity contribution in [2.75, 3.05) is 13.1 Å². The second kappa shape index (κ2) is 7.23. The summed E-state index contributed by atoms with van der Waals surface area (Å²) in [5.41, 5.74) is 3.64. The van der Waals surface area contributed by atoms with Crippen LogP contribution < -0.4 is 0 Å². The van der Waals surface area contributed by atoms with Gasteiger partial charge < -0.3 is 0 Å². The van der Waals surface area contributed by atoms with Gasteiger partial charge in [-0.25, -0.2) is 13.4 Å². The molecule has 27 heavy (non-hydrogen) atoms. The smallest absolute Gasteiger partial charge is 0.243 e. The van der Waals surface area contributed by atoms with Crippen molar-refractivity contribution in [2.45, 2.75) is 31.1 Å². The number of hydrogen-bond donors (Lipinski definition) is 0. The Morgan fingerprint density at radius 3 is 2.37 bits per heavy atom. The second-order valence-corrected chi connectivity index (χ2v) is 9.35. The molecule has 0 amide bonds. The SMILES string of the molecule is Cc1cc(-c2ccc(S(=O)(=O)N3CCCCC3)cc2)nc2cc(Cl)ccc12. The number of hydrogen-bond acceptors (Lipinski definition) is 3. The Balaban J connectivity index is 1.69. The minimum Gasteiger partial charge on any atom is -0.248 e. The van der Waals surface area contributed by atoms with Crippen molar-refractivity contribution in [2.24, 2.45) is 0 Å². The molecule has 0 N–H and O–H groups in total. The van der Waals surface area contributed by atoms with E-state index in [1.807, 2.05) is 43.3 Å². The minimum atomic E-state index is -3.41. The Kier molecular flexibility index (Phi) is 4.93. The number of pyridine rings is 1. The molecule has 0 radical (unpaired) electrons. The molecule has 0 bridgehead atoms. The van der Waals surface area contributed by atoms with Crippen molar-refractivity contribution < 1.29 is 8.42 Å². The molecular formula is C21H21ClN2O2S.